The van der Waals surface area contributed by atoms with Gasteiger partial charge < -0.3 is 5.32 Å². The van der Waals surface area contributed by atoms with Crippen molar-refractivity contribution in [2.75, 3.05) is 6.54 Å². The Balaban J connectivity index is 1.63. The quantitative estimate of drug-likeness (QED) is 0.523. The van der Waals surface area contributed by atoms with E-state index in [2.05, 4.69) is 15.4 Å². The van der Waals surface area contributed by atoms with Gasteiger partial charge in [-0.15, -0.1) is 0 Å². The number of carbonyl (C=O) groups excluding carboxylic acids is 1. The first-order valence-electron chi connectivity index (χ1n) is 9.72. The highest BCUT2D eigenvalue weighted by Crippen LogP contribution is 2.24. The van der Waals surface area contributed by atoms with Crippen molar-refractivity contribution in [3.05, 3.63) is 102 Å². The van der Waals surface area contributed by atoms with E-state index in [-0.39, 0.29) is 11.7 Å². The summed E-state index contributed by atoms with van der Waals surface area (Å²) in [4.78, 5) is 17.2. The standard InChI is InChI=1S/C24H21FN4O/c1-17-9-11-19(12-10-17)29-23(16-22(28-29)20-7-2-3-8-21(20)25)24(30)27-15-13-18-6-4-5-14-26-18/h2-12,14,16H,13,15H2,1H3,(H,27,30). The fraction of sp³-hybridized carbons (Fsp3) is 0.125. The van der Waals surface area contributed by atoms with Crippen LogP contribution in [0.1, 0.15) is 21.7 Å². The molecule has 0 saturated carbocycles. The van der Waals surface area contributed by atoms with E-state index in [4.69, 9.17) is 0 Å². The smallest absolute Gasteiger partial charge is 0.270 e. The highest BCUT2D eigenvalue weighted by atomic mass is 19.1. The van der Waals surface area contributed by atoms with Crippen LogP contribution in [0.3, 0.4) is 0 Å². The van der Waals surface area contributed by atoms with Crippen LogP contribution >= 0.6 is 0 Å². The summed E-state index contributed by atoms with van der Waals surface area (Å²) in [5.41, 5.74) is 3.84. The molecule has 2 aromatic carbocycles. The average Bonchev–Trinajstić information content (AvgIpc) is 3.20. The number of hydrogen-bond donors (Lipinski definition) is 1. The summed E-state index contributed by atoms with van der Waals surface area (Å²) in [7, 11) is 0. The zero-order chi connectivity index (χ0) is 20.9. The van der Waals surface area contributed by atoms with Crippen LogP contribution in [-0.4, -0.2) is 27.2 Å². The van der Waals surface area contributed by atoms with Gasteiger partial charge in [0.05, 0.1) is 11.4 Å². The van der Waals surface area contributed by atoms with Gasteiger partial charge in [0.15, 0.2) is 0 Å². The highest BCUT2D eigenvalue weighted by Gasteiger charge is 2.19. The van der Waals surface area contributed by atoms with Gasteiger partial charge in [0.25, 0.3) is 5.91 Å². The summed E-state index contributed by atoms with van der Waals surface area (Å²) in [6, 6.07) is 21.4. The lowest BCUT2D eigenvalue weighted by Gasteiger charge is -2.08. The minimum atomic E-state index is -0.381. The maximum atomic E-state index is 14.3. The number of nitrogens with one attached hydrogen (secondary N) is 1. The van der Waals surface area contributed by atoms with Crippen molar-refractivity contribution in [3.8, 4) is 16.9 Å². The molecule has 0 aliphatic heterocycles. The summed E-state index contributed by atoms with van der Waals surface area (Å²) in [6.45, 7) is 2.42. The number of aryl methyl sites for hydroxylation is 1. The summed E-state index contributed by atoms with van der Waals surface area (Å²) in [6.07, 6.45) is 2.34. The van der Waals surface area contributed by atoms with Gasteiger partial charge in [-0.1, -0.05) is 35.9 Å². The Morgan fingerprint density at radius 1 is 1.03 bits per heavy atom. The van der Waals surface area contributed by atoms with Gasteiger partial charge in [-0.3, -0.25) is 9.78 Å². The van der Waals surface area contributed by atoms with Crippen molar-refractivity contribution in [1.82, 2.24) is 20.1 Å². The fourth-order valence-electron chi connectivity index (χ4n) is 3.17. The Bertz CT molecular complexity index is 1150. The van der Waals surface area contributed by atoms with Gasteiger partial charge in [-0.2, -0.15) is 5.10 Å². The molecule has 0 spiro atoms. The summed E-state index contributed by atoms with van der Waals surface area (Å²) >= 11 is 0. The van der Waals surface area contributed by atoms with Gasteiger partial charge in [0.2, 0.25) is 0 Å². The zero-order valence-corrected chi connectivity index (χ0v) is 16.5. The minimum absolute atomic E-state index is 0.276. The molecule has 0 fully saturated rings. The molecule has 0 radical (unpaired) electrons. The first-order chi connectivity index (χ1) is 14.6. The van der Waals surface area contributed by atoms with E-state index in [1.807, 2.05) is 49.4 Å². The van der Waals surface area contributed by atoms with Crippen molar-refractivity contribution < 1.29 is 9.18 Å². The lowest BCUT2D eigenvalue weighted by Crippen LogP contribution is -2.28. The number of pyridine rings is 1. The number of aromatic nitrogens is 3. The van der Waals surface area contributed by atoms with Crippen LogP contribution in [-0.2, 0) is 6.42 Å². The van der Waals surface area contributed by atoms with Crippen LogP contribution < -0.4 is 5.32 Å². The predicted octanol–water partition coefficient (Wildman–Crippen LogP) is 4.35. The van der Waals surface area contributed by atoms with Crippen LogP contribution in [0, 0.1) is 12.7 Å². The van der Waals surface area contributed by atoms with Crippen molar-refractivity contribution in [2.45, 2.75) is 13.3 Å². The molecule has 2 heterocycles. The molecule has 1 N–H and O–H groups in total. The molecule has 0 bridgehead atoms. The third kappa shape index (κ3) is 4.27. The molecule has 30 heavy (non-hydrogen) atoms. The van der Waals surface area contributed by atoms with Gasteiger partial charge in [0, 0.05) is 30.4 Å². The molecule has 0 unspecified atom stereocenters. The minimum Gasteiger partial charge on any atom is -0.350 e. The predicted molar refractivity (Wildman–Crippen MR) is 114 cm³/mol. The molecule has 6 heteroatoms. The van der Waals surface area contributed by atoms with E-state index in [1.54, 1.807) is 35.1 Å². The van der Waals surface area contributed by atoms with Gasteiger partial charge in [-0.25, -0.2) is 9.07 Å². The van der Waals surface area contributed by atoms with Crippen molar-refractivity contribution in [3.63, 3.8) is 0 Å². The summed E-state index contributed by atoms with van der Waals surface area (Å²) in [5.74, 6) is -0.658. The molecule has 0 aliphatic rings. The number of hydrogen-bond acceptors (Lipinski definition) is 3. The summed E-state index contributed by atoms with van der Waals surface area (Å²) < 4.78 is 15.9. The third-order valence-electron chi connectivity index (χ3n) is 4.76. The van der Waals surface area contributed by atoms with Crippen LogP contribution in [0.4, 0.5) is 4.39 Å². The largest absolute Gasteiger partial charge is 0.350 e. The molecular weight excluding hydrogens is 379 g/mol. The van der Waals surface area contributed by atoms with E-state index in [1.165, 1.54) is 6.07 Å². The number of nitrogens with zero attached hydrogens (tertiary/aromatic N) is 3. The summed E-state index contributed by atoms with van der Waals surface area (Å²) in [5, 5.41) is 7.45. The normalized spacial score (nSPS) is 10.7. The van der Waals surface area contributed by atoms with Crippen molar-refractivity contribution >= 4 is 5.91 Å². The maximum absolute atomic E-state index is 14.3. The molecule has 4 rings (SSSR count). The molecule has 2 aromatic heterocycles. The number of amides is 1. The first-order valence-corrected chi connectivity index (χ1v) is 9.72. The second kappa shape index (κ2) is 8.69. The van der Waals surface area contributed by atoms with Crippen molar-refractivity contribution in [2.24, 2.45) is 0 Å². The van der Waals surface area contributed by atoms with Crippen LogP contribution in [0.2, 0.25) is 0 Å². The number of rotatable bonds is 6. The molecule has 150 valence electrons. The topological polar surface area (TPSA) is 59.8 Å². The Morgan fingerprint density at radius 3 is 2.53 bits per heavy atom. The molecular formula is C24H21FN4O. The highest BCUT2D eigenvalue weighted by molar-refractivity contribution is 5.94. The third-order valence-corrected chi connectivity index (χ3v) is 4.76. The van der Waals surface area contributed by atoms with Crippen molar-refractivity contribution in [1.29, 1.82) is 0 Å². The fourth-order valence-corrected chi connectivity index (χ4v) is 3.17. The lowest BCUT2D eigenvalue weighted by molar-refractivity contribution is 0.0946. The van der Waals surface area contributed by atoms with Crippen LogP contribution in [0.5, 0.6) is 0 Å². The first kappa shape index (κ1) is 19.5. The van der Waals surface area contributed by atoms with Gasteiger partial charge >= 0.3 is 0 Å². The van der Waals surface area contributed by atoms with Gasteiger partial charge in [-0.05, 0) is 49.4 Å². The monoisotopic (exact) mass is 400 g/mol. The Hall–Kier alpha value is -3.80. The number of carbonyl (C=O) groups is 1. The van der Waals surface area contributed by atoms with E-state index in [9.17, 15) is 9.18 Å². The SMILES string of the molecule is Cc1ccc(-n2nc(-c3ccccc3F)cc2C(=O)NCCc2ccccn2)cc1. The van der Waals surface area contributed by atoms with Crippen LogP contribution in [0.25, 0.3) is 16.9 Å². The Morgan fingerprint density at radius 2 is 1.80 bits per heavy atom. The second-order valence-electron chi connectivity index (χ2n) is 6.97. The average molecular weight is 400 g/mol. The van der Waals surface area contributed by atoms with E-state index >= 15 is 0 Å². The molecule has 0 saturated heterocycles. The molecule has 4 aromatic rings. The Kier molecular flexibility index (Phi) is 5.66. The Labute approximate surface area is 174 Å². The van der Waals surface area contributed by atoms with E-state index < -0.39 is 0 Å². The van der Waals surface area contributed by atoms with E-state index in [0.717, 1.165) is 16.9 Å². The molecule has 0 atom stereocenters. The van der Waals surface area contributed by atoms with E-state index in [0.29, 0.717) is 29.9 Å². The van der Waals surface area contributed by atoms with Gasteiger partial charge in [0.1, 0.15) is 11.5 Å². The zero-order valence-electron chi connectivity index (χ0n) is 16.5. The lowest BCUT2D eigenvalue weighted by atomic mass is 10.1. The van der Waals surface area contributed by atoms with Crippen LogP contribution in [0.15, 0.2) is 79.0 Å². The molecule has 5 nitrogen and oxygen atoms in total. The number of halogens is 1. The maximum Gasteiger partial charge on any atom is 0.270 e. The number of benzene rings is 2. The molecule has 0 aliphatic carbocycles. The second-order valence-corrected chi connectivity index (χ2v) is 6.97. The molecule has 1 amide bonds.